The number of nitrogens with zero attached hydrogens (tertiary/aromatic N) is 1. The topological polar surface area (TPSA) is 62.1 Å². The molecule has 0 radical (unpaired) electrons. The van der Waals surface area contributed by atoms with Crippen LogP contribution in [0.15, 0.2) is 23.9 Å². The molecule has 1 amide bonds. The lowest BCUT2D eigenvalue weighted by Crippen LogP contribution is -2.22. The molecule has 1 aromatic carbocycles. The van der Waals surface area contributed by atoms with E-state index in [0.717, 1.165) is 23.3 Å². The van der Waals surface area contributed by atoms with Crippen LogP contribution >= 0.6 is 0 Å². The molecule has 0 spiro atoms. The first kappa shape index (κ1) is 13.2. The number of rotatable bonds is 3. The van der Waals surface area contributed by atoms with E-state index in [0.29, 0.717) is 11.3 Å². The zero-order chi connectivity index (χ0) is 14.0. The van der Waals surface area contributed by atoms with Gasteiger partial charge in [-0.15, -0.1) is 0 Å². The summed E-state index contributed by atoms with van der Waals surface area (Å²) in [4.78, 5) is 11.3. The average molecular weight is 256 g/mol. The van der Waals surface area contributed by atoms with Crippen LogP contribution in [-0.4, -0.2) is 13.0 Å². The van der Waals surface area contributed by atoms with Gasteiger partial charge in [0.1, 0.15) is 11.8 Å². The number of methoxy groups -OCH3 is 1. The van der Waals surface area contributed by atoms with Gasteiger partial charge in [-0.2, -0.15) is 5.26 Å². The highest BCUT2D eigenvalue weighted by atomic mass is 16.5. The molecule has 1 aliphatic rings. The van der Waals surface area contributed by atoms with Crippen LogP contribution in [0, 0.1) is 11.3 Å². The fraction of sp³-hybridized carbons (Fsp3) is 0.333. The summed E-state index contributed by atoms with van der Waals surface area (Å²) in [5, 5.41) is 12.2. The molecule has 0 bridgehead atoms. The normalized spacial score (nSPS) is 16.8. The van der Waals surface area contributed by atoms with Gasteiger partial charge in [0, 0.05) is 18.5 Å². The van der Waals surface area contributed by atoms with Gasteiger partial charge in [-0.3, -0.25) is 4.79 Å². The molecule has 2 rings (SSSR count). The number of hydrogen-bond donors (Lipinski definition) is 1. The van der Waals surface area contributed by atoms with Crippen LogP contribution in [0.25, 0.3) is 5.57 Å². The van der Waals surface area contributed by atoms with Crippen molar-refractivity contribution in [2.24, 2.45) is 0 Å². The summed E-state index contributed by atoms with van der Waals surface area (Å²) < 4.78 is 5.23. The number of nitrogens with one attached hydrogen (secondary N) is 1. The highest BCUT2D eigenvalue weighted by Crippen LogP contribution is 2.43. The first-order valence-electron chi connectivity index (χ1n) is 6.22. The highest BCUT2D eigenvalue weighted by molar-refractivity contribution is 5.90. The van der Waals surface area contributed by atoms with Crippen LogP contribution in [0.4, 0.5) is 0 Å². The van der Waals surface area contributed by atoms with Crippen LogP contribution in [0.3, 0.4) is 0 Å². The number of ether oxygens (including phenoxy) is 1. The number of nitriles is 1. The molecule has 0 heterocycles. The zero-order valence-electron chi connectivity index (χ0n) is 11.3. The van der Waals surface area contributed by atoms with Gasteiger partial charge < -0.3 is 10.1 Å². The second-order valence-corrected chi connectivity index (χ2v) is 4.50. The molecular weight excluding hydrogens is 240 g/mol. The largest absolute Gasteiger partial charge is 0.497 e. The Morgan fingerprint density at radius 3 is 2.79 bits per heavy atom. The number of carbonyl (C=O) groups is 1. The van der Waals surface area contributed by atoms with Gasteiger partial charge in [-0.05, 0) is 35.7 Å². The molecule has 0 aliphatic heterocycles. The summed E-state index contributed by atoms with van der Waals surface area (Å²) in [7, 11) is 1.62. The SMILES string of the molecule is CCC1C(NC(C)=O)=C(C#N)c2ccc(OC)cc21. The summed E-state index contributed by atoms with van der Waals surface area (Å²) in [6.45, 7) is 3.49. The third-order valence-electron chi connectivity index (χ3n) is 3.35. The molecule has 98 valence electrons. The quantitative estimate of drug-likeness (QED) is 0.904. The number of fused-ring (bicyclic) bond motifs is 1. The number of amides is 1. The van der Waals surface area contributed by atoms with Crippen molar-refractivity contribution in [3.63, 3.8) is 0 Å². The first-order valence-corrected chi connectivity index (χ1v) is 6.22. The molecule has 1 atom stereocenters. The van der Waals surface area contributed by atoms with E-state index in [1.54, 1.807) is 7.11 Å². The maximum atomic E-state index is 11.3. The Morgan fingerprint density at radius 2 is 2.26 bits per heavy atom. The van der Waals surface area contributed by atoms with E-state index in [1.807, 2.05) is 25.1 Å². The van der Waals surface area contributed by atoms with Crippen LogP contribution in [0.2, 0.25) is 0 Å². The molecule has 4 nitrogen and oxygen atoms in total. The second kappa shape index (κ2) is 5.15. The smallest absolute Gasteiger partial charge is 0.221 e. The van der Waals surface area contributed by atoms with E-state index in [9.17, 15) is 10.1 Å². The zero-order valence-corrected chi connectivity index (χ0v) is 11.3. The predicted octanol–water partition coefficient (Wildman–Crippen LogP) is 2.57. The van der Waals surface area contributed by atoms with Crippen LogP contribution in [0.1, 0.15) is 37.3 Å². The molecular formula is C15H16N2O2. The minimum Gasteiger partial charge on any atom is -0.497 e. The fourth-order valence-electron chi connectivity index (χ4n) is 2.54. The first-order chi connectivity index (χ1) is 9.12. The second-order valence-electron chi connectivity index (χ2n) is 4.50. The molecule has 0 saturated heterocycles. The maximum Gasteiger partial charge on any atom is 0.221 e. The molecule has 1 aromatic rings. The van der Waals surface area contributed by atoms with Gasteiger partial charge in [0.05, 0.1) is 12.7 Å². The third kappa shape index (κ3) is 2.19. The fourth-order valence-corrected chi connectivity index (χ4v) is 2.54. The lowest BCUT2D eigenvalue weighted by molar-refractivity contribution is -0.118. The molecule has 4 heteroatoms. The molecule has 0 aromatic heterocycles. The van der Waals surface area contributed by atoms with Crippen molar-refractivity contribution in [2.45, 2.75) is 26.2 Å². The van der Waals surface area contributed by atoms with E-state index < -0.39 is 0 Å². The summed E-state index contributed by atoms with van der Waals surface area (Å²) >= 11 is 0. The van der Waals surface area contributed by atoms with Crippen molar-refractivity contribution in [1.82, 2.24) is 5.32 Å². The predicted molar refractivity (Wildman–Crippen MR) is 72.4 cm³/mol. The molecule has 0 saturated carbocycles. The monoisotopic (exact) mass is 256 g/mol. The minimum absolute atomic E-state index is 0.0450. The summed E-state index contributed by atoms with van der Waals surface area (Å²) in [5.74, 6) is 0.656. The molecule has 1 N–H and O–H groups in total. The van der Waals surface area contributed by atoms with Crippen molar-refractivity contribution < 1.29 is 9.53 Å². The van der Waals surface area contributed by atoms with E-state index in [4.69, 9.17) is 4.74 Å². The van der Waals surface area contributed by atoms with Gasteiger partial charge in [-0.1, -0.05) is 6.92 Å². The highest BCUT2D eigenvalue weighted by Gasteiger charge is 2.31. The Kier molecular flexibility index (Phi) is 3.57. The standard InChI is InChI=1S/C15H16N2O2/c1-4-11-13-7-10(19-3)5-6-12(13)14(8-16)15(11)17-9(2)18/h5-7,11H,4H2,1-3H3,(H,17,18). The van der Waals surface area contributed by atoms with Gasteiger partial charge in [-0.25, -0.2) is 0 Å². The molecule has 0 fully saturated rings. The number of carbonyl (C=O) groups excluding carboxylic acids is 1. The maximum absolute atomic E-state index is 11.3. The average Bonchev–Trinajstić information content (AvgIpc) is 2.69. The number of allylic oxidation sites excluding steroid dienone is 2. The Balaban J connectivity index is 2.56. The van der Waals surface area contributed by atoms with Crippen molar-refractivity contribution >= 4 is 11.5 Å². The third-order valence-corrected chi connectivity index (χ3v) is 3.35. The Hall–Kier alpha value is -2.28. The van der Waals surface area contributed by atoms with Crippen molar-refractivity contribution in [1.29, 1.82) is 5.26 Å². The van der Waals surface area contributed by atoms with Crippen molar-refractivity contribution in [3.8, 4) is 11.8 Å². The summed E-state index contributed by atoms with van der Waals surface area (Å²) in [6.07, 6.45) is 0.820. The van der Waals surface area contributed by atoms with E-state index >= 15 is 0 Å². The summed E-state index contributed by atoms with van der Waals surface area (Å²) in [6, 6.07) is 7.85. The van der Waals surface area contributed by atoms with Gasteiger partial charge in [0.2, 0.25) is 5.91 Å². The van der Waals surface area contributed by atoms with Crippen LogP contribution in [-0.2, 0) is 4.79 Å². The van der Waals surface area contributed by atoms with E-state index in [1.165, 1.54) is 6.92 Å². The van der Waals surface area contributed by atoms with Gasteiger partial charge in [0.25, 0.3) is 0 Å². The van der Waals surface area contributed by atoms with Crippen molar-refractivity contribution in [2.75, 3.05) is 7.11 Å². The van der Waals surface area contributed by atoms with Crippen molar-refractivity contribution in [3.05, 3.63) is 35.0 Å². The number of hydrogen-bond acceptors (Lipinski definition) is 3. The van der Waals surface area contributed by atoms with Gasteiger partial charge >= 0.3 is 0 Å². The summed E-state index contributed by atoms with van der Waals surface area (Å²) in [5.41, 5.74) is 3.20. The molecule has 1 unspecified atom stereocenters. The van der Waals surface area contributed by atoms with E-state index in [2.05, 4.69) is 11.4 Å². The van der Waals surface area contributed by atoms with E-state index in [-0.39, 0.29) is 11.8 Å². The molecule has 19 heavy (non-hydrogen) atoms. The Bertz CT molecular complexity index is 597. The lowest BCUT2D eigenvalue weighted by Gasteiger charge is -2.15. The minimum atomic E-state index is -0.152. The van der Waals surface area contributed by atoms with Crippen LogP contribution < -0.4 is 10.1 Å². The van der Waals surface area contributed by atoms with Gasteiger partial charge in [0.15, 0.2) is 0 Å². The lowest BCUT2D eigenvalue weighted by atomic mass is 9.96. The number of benzene rings is 1. The van der Waals surface area contributed by atoms with Crippen LogP contribution in [0.5, 0.6) is 5.75 Å². The Morgan fingerprint density at radius 1 is 1.53 bits per heavy atom. The Labute approximate surface area is 112 Å². The molecule has 1 aliphatic carbocycles.